The smallest absolute Gasteiger partial charge is 0.317 e. The first-order chi connectivity index (χ1) is 12.0. The quantitative estimate of drug-likeness (QED) is 0.567. The van der Waals surface area contributed by atoms with Crippen LogP contribution in [0.4, 0.5) is 4.79 Å². The van der Waals surface area contributed by atoms with E-state index in [1.165, 1.54) is 6.20 Å². The molecule has 0 bridgehead atoms. The number of carbonyl (C=O) groups excluding carboxylic acids is 1. The van der Waals surface area contributed by atoms with E-state index in [1.807, 2.05) is 11.8 Å². The van der Waals surface area contributed by atoms with Gasteiger partial charge in [0.15, 0.2) is 0 Å². The Morgan fingerprint density at radius 1 is 1.44 bits per heavy atom. The number of ether oxygens (including phenoxy) is 1. The van der Waals surface area contributed by atoms with Crippen molar-refractivity contribution >= 4 is 23.6 Å². The van der Waals surface area contributed by atoms with Gasteiger partial charge >= 0.3 is 12.0 Å². The maximum absolute atomic E-state index is 11.8. The molecule has 25 heavy (non-hydrogen) atoms. The Morgan fingerprint density at radius 2 is 2.20 bits per heavy atom. The lowest BCUT2D eigenvalue weighted by atomic mass is 9.85. The Bertz CT molecular complexity index is 578. The van der Waals surface area contributed by atoms with Gasteiger partial charge in [0, 0.05) is 24.3 Å². The number of amides is 2. The van der Waals surface area contributed by atoms with Crippen LogP contribution in [-0.4, -0.2) is 65.3 Å². The zero-order valence-electron chi connectivity index (χ0n) is 14.1. The van der Waals surface area contributed by atoms with Gasteiger partial charge in [-0.25, -0.2) is 9.78 Å². The number of rotatable bonds is 9. The summed E-state index contributed by atoms with van der Waals surface area (Å²) in [5.41, 5.74) is 0. The summed E-state index contributed by atoms with van der Waals surface area (Å²) in [6.45, 7) is 3.32. The van der Waals surface area contributed by atoms with E-state index in [0.29, 0.717) is 30.6 Å². The number of hydrogen-bond donors (Lipinski definition) is 3. The van der Waals surface area contributed by atoms with Crippen LogP contribution in [0.2, 0.25) is 5.02 Å². The van der Waals surface area contributed by atoms with Crippen LogP contribution in [0, 0.1) is 0 Å². The average molecular weight is 371 g/mol. The molecule has 1 saturated carbocycles. The first-order valence-corrected chi connectivity index (χ1v) is 8.60. The van der Waals surface area contributed by atoms with Gasteiger partial charge in [-0.2, -0.15) is 0 Å². The molecule has 1 aliphatic carbocycles. The summed E-state index contributed by atoms with van der Waals surface area (Å²) in [6.07, 6.45) is 3.02. The number of nitrogens with zero attached hydrogens (tertiary/aromatic N) is 2. The van der Waals surface area contributed by atoms with Gasteiger partial charge in [0.1, 0.15) is 6.61 Å². The minimum absolute atomic E-state index is 0.0379. The molecule has 3 N–H and O–H groups in total. The molecule has 1 aromatic heterocycles. The molecule has 1 aromatic rings. The highest BCUT2D eigenvalue weighted by Gasteiger charge is 2.34. The highest BCUT2D eigenvalue weighted by atomic mass is 35.5. The van der Waals surface area contributed by atoms with E-state index in [9.17, 15) is 9.59 Å². The average Bonchev–Trinajstić information content (AvgIpc) is 2.54. The van der Waals surface area contributed by atoms with Crippen molar-refractivity contribution in [2.75, 3.05) is 26.2 Å². The standard InChI is InChI=1S/C16H23ClN4O4/c1-2-21(10-15(22)23)13-7-12(8-13)20-16(24)18-5-6-25-14-4-3-11(17)9-19-14/h3-4,9,12-13H,2,5-8,10H2,1H3,(H,22,23)(H2,18,20,24). The van der Waals surface area contributed by atoms with Crippen molar-refractivity contribution in [3.8, 4) is 5.88 Å². The van der Waals surface area contributed by atoms with Gasteiger partial charge in [0.25, 0.3) is 0 Å². The summed E-state index contributed by atoms with van der Waals surface area (Å²) in [5.74, 6) is -0.377. The summed E-state index contributed by atoms with van der Waals surface area (Å²) < 4.78 is 5.38. The molecular formula is C16H23ClN4O4. The molecule has 0 spiro atoms. The molecule has 0 radical (unpaired) electrons. The molecule has 0 unspecified atom stereocenters. The van der Waals surface area contributed by atoms with Crippen molar-refractivity contribution in [2.24, 2.45) is 0 Å². The van der Waals surface area contributed by atoms with Crippen LogP contribution >= 0.6 is 11.6 Å². The minimum Gasteiger partial charge on any atom is -0.480 e. The van der Waals surface area contributed by atoms with Crippen molar-refractivity contribution in [3.05, 3.63) is 23.4 Å². The third-order valence-electron chi connectivity index (χ3n) is 4.05. The molecule has 1 heterocycles. The van der Waals surface area contributed by atoms with E-state index in [2.05, 4.69) is 15.6 Å². The third-order valence-corrected chi connectivity index (χ3v) is 4.27. The number of carbonyl (C=O) groups is 2. The van der Waals surface area contributed by atoms with Crippen molar-refractivity contribution in [2.45, 2.75) is 31.8 Å². The number of halogens is 1. The van der Waals surface area contributed by atoms with Crippen LogP contribution in [0.1, 0.15) is 19.8 Å². The van der Waals surface area contributed by atoms with Gasteiger partial charge in [-0.1, -0.05) is 18.5 Å². The van der Waals surface area contributed by atoms with Crippen LogP contribution in [-0.2, 0) is 4.79 Å². The van der Waals surface area contributed by atoms with E-state index < -0.39 is 5.97 Å². The maximum atomic E-state index is 11.8. The molecule has 2 rings (SSSR count). The molecule has 138 valence electrons. The van der Waals surface area contributed by atoms with Crippen LogP contribution in [0.5, 0.6) is 5.88 Å². The molecule has 1 fully saturated rings. The lowest BCUT2D eigenvalue weighted by Crippen LogP contribution is -2.56. The van der Waals surface area contributed by atoms with Crippen LogP contribution in [0.15, 0.2) is 18.3 Å². The lowest BCUT2D eigenvalue weighted by Gasteiger charge is -2.42. The topological polar surface area (TPSA) is 104 Å². The number of hydrogen-bond acceptors (Lipinski definition) is 5. The Morgan fingerprint density at radius 3 is 2.80 bits per heavy atom. The maximum Gasteiger partial charge on any atom is 0.317 e. The van der Waals surface area contributed by atoms with E-state index in [4.69, 9.17) is 21.4 Å². The lowest BCUT2D eigenvalue weighted by molar-refractivity contribution is -0.139. The summed E-state index contributed by atoms with van der Waals surface area (Å²) >= 11 is 5.73. The largest absolute Gasteiger partial charge is 0.480 e. The minimum atomic E-state index is -0.828. The molecule has 9 heteroatoms. The molecule has 2 amide bonds. The summed E-state index contributed by atoms with van der Waals surface area (Å²) in [7, 11) is 0. The molecule has 1 aliphatic rings. The number of likely N-dealkylation sites (N-methyl/N-ethyl adjacent to an activating group) is 1. The first-order valence-electron chi connectivity index (χ1n) is 8.22. The highest BCUT2D eigenvalue weighted by molar-refractivity contribution is 6.30. The fraction of sp³-hybridized carbons (Fsp3) is 0.562. The second-order valence-electron chi connectivity index (χ2n) is 5.84. The van der Waals surface area contributed by atoms with Gasteiger partial charge in [-0.3, -0.25) is 9.69 Å². The SMILES string of the molecule is CCN(CC(=O)O)C1CC(NC(=O)NCCOc2ccc(Cl)cn2)C1. The van der Waals surface area contributed by atoms with E-state index in [0.717, 1.165) is 12.8 Å². The van der Waals surface area contributed by atoms with Gasteiger partial charge in [0.2, 0.25) is 5.88 Å². The predicted octanol–water partition coefficient (Wildman–Crippen LogP) is 1.35. The van der Waals surface area contributed by atoms with Gasteiger partial charge in [0.05, 0.1) is 18.1 Å². The Kier molecular flexibility index (Phi) is 7.27. The second kappa shape index (κ2) is 9.43. The number of carboxylic acid groups (broad SMARTS) is 1. The number of aliphatic carboxylic acids is 1. The Hall–Kier alpha value is -2.06. The van der Waals surface area contributed by atoms with E-state index in [1.54, 1.807) is 12.1 Å². The van der Waals surface area contributed by atoms with E-state index >= 15 is 0 Å². The molecule has 0 atom stereocenters. The fourth-order valence-corrected chi connectivity index (χ4v) is 2.79. The van der Waals surface area contributed by atoms with Crippen molar-refractivity contribution in [1.82, 2.24) is 20.5 Å². The van der Waals surface area contributed by atoms with Crippen LogP contribution in [0.3, 0.4) is 0 Å². The number of carboxylic acids is 1. The first kappa shape index (κ1) is 19.3. The second-order valence-corrected chi connectivity index (χ2v) is 6.28. The molecule has 8 nitrogen and oxygen atoms in total. The summed E-state index contributed by atoms with van der Waals surface area (Å²) in [6, 6.07) is 3.38. The molecular weight excluding hydrogens is 348 g/mol. The summed E-state index contributed by atoms with van der Waals surface area (Å²) in [5, 5.41) is 15.0. The Labute approximate surface area is 151 Å². The molecule has 0 saturated heterocycles. The highest BCUT2D eigenvalue weighted by Crippen LogP contribution is 2.25. The number of nitrogens with one attached hydrogen (secondary N) is 2. The third kappa shape index (κ3) is 6.39. The van der Waals surface area contributed by atoms with Crippen molar-refractivity contribution in [3.63, 3.8) is 0 Å². The monoisotopic (exact) mass is 370 g/mol. The molecule has 0 aliphatic heterocycles. The van der Waals surface area contributed by atoms with Crippen molar-refractivity contribution in [1.29, 1.82) is 0 Å². The number of pyridine rings is 1. The number of aromatic nitrogens is 1. The van der Waals surface area contributed by atoms with Crippen LogP contribution < -0.4 is 15.4 Å². The van der Waals surface area contributed by atoms with Crippen LogP contribution in [0.25, 0.3) is 0 Å². The van der Waals surface area contributed by atoms with Gasteiger partial charge in [-0.05, 0) is 25.5 Å². The Balaban J connectivity index is 1.57. The normalized spacial score (nSPS) is 19.2. The van der Waals surface area contributed by atoms with E-state index in [-0.39, 0.29) is 24.7 Å². The summed E-state index contributed by atoms with van der Waals surface area (Å²) in [4.78, 5) is 28.5. The fourth-order valence-electron chi connectivity index (χ4n) is 2.68. The zero-order valence-corrected chi connectivity index (χ0v) is 14.8. The predicted molar refractivity (Wildman–Crippen MR) is 93.0 cm³/mol. The molecule has 0 aromatic carbocycles. The number of urea groups is 1. The zero-order chi connectivity index (χ0) is 18.2. The van der Waals surface area contributed by atoms with Gasteiger partial charge < -0.3 is 20.5 Å². The van der Waals surface area contributed by atoms with Gasteiger partial charge in [-0.15, -0.1) is 0 Å². The van der Waals surface area contributed by atoms with Crippen molar-refractivity contribution < 1.29 is 19.4 Å².